The van der Waals surface area contributed by atoms with Crippen LogP contribution in [-0.2, 0) is 4.74 Å². The average molecular weight is 341 g/mol. The van der Waals surface area contributed by atoms with Crippen molar-refractivity contribution in [3.63, 3.8) is 0 Å². The minimum absolute atomic E-state index is 0.153. The predicted octanol–water partition coefficient (Wildman–Crippen LogP) is 4.02. The summed E-state index contributed by atoms with van der Waals surface area (Å²) in [5.74, 6) is -0.105. The normalized spacial score (nSPS) is 10.8. The molecule has 1 aromatic heterocycles. The van der Waals surface area contributed by atoms with Gasteiger partial charge in [-0.15, -0.1) is 0 Å². The fraction of sp³-hybridized carbons (Fsp3) is 0.222. The molecule has 0 aliphatic heterocycles. The number of hydrogen-bond acceptors (Lipinski definition) is 5. The van der Waals surface area contributed by atoms with Crippen LogP contribution in [-0.4, -0.2) is 27.1 Å². The maximum Gasteiger partial charge on any atom is 0.347 e. The van der Waals surface area contributed by atoms with Crippen LogP contribution in [0.2, 0.25) is 0 Å². The first-order valence-corrected chi connectivity index (χ1v) is 7.86. The molecule has 2 rings (SSSR count). The molecular formula is C18H19N3O4. The molecular weight excluding hydrogens is 322 g/mol. The van der Waals surface area contributed by atoms with E-state index in [0.29, 0.717) is 18.0 Å². The van der Waals surface area contributed by atoms with E-state index < -0.39 is 4.92 Å². The van der Waals surface area contributed by atoms with Crippen LogP contribution in [0.4, 0.5) is 5.82 Å². The van der Waals surface area contributed by atoms with Gasteiger partial charge < -0.3 is 14.9 Å². The lowest BCUT2D eigenvalue weighted by Crippen LogP contribution is -2.06. The third-order valence-electron chi connectivity index (χ3n) is 3.48. The molecule has 0 unspecified atom stereocenters. The van der Waals surface area contributed by atoms with Crippen molar-refractivity contribution >= 4 is 30.1 Å². The van der Waals surface area contributed by atoms with Gasteiger partial charge >= 0.3 is 11.8 Å². The molecule has 0 saturated heterocycles. The predicted molar refractivity (Wildman–Crippen MR) is 95.8 cm³/mol. The highest BCUT2D eigenvalue weighted by molar-refractivity contribution is 5.89. The third kappa shape index (κ3) is 4.63. The lowest BCUT2D eigenvalue weighted by Gasteiger charge is -2.03. The van der Waals surface area contributed by atoms with Crippen LogP contribution in [0.15, 0.2) is 37.0 Å². The van der Waals surface area contributed by atoms with Crippen LogP contribution in [0.5, 0.6) is 0 Å². The zero-order valence-electron chi connectivity index (χ0n) is 13.9. The van der Waals surface area contributed by atoms with Gasteiger partial charge in [-0.05, 0) is 35.1 Å². The van der Waals surface area contributed by atoms with Crippen molar-refractivity contribution in [1.82, 2.24) is 9.55 Å². The Kier molecular flexibility index (Phi) is 6.22. The zero-order chi connectivity index (χ0) is 18.2. The highest BCUT2D eigenvalue weighted by Gasteiger charge is 2.15. The Morgan fingerprint density at radius 3 is 2.68 bits per heavy atom. The number of carbonyl (C=O) groups is 1. The smallest absolute Gasteiger partial charge is 0.347 e. The van der Waals surface area contributed by atoms with Crippen molar-refractivity contribution in [2.75, 3.05) is 6.61 Å². The molecule has 0 saturated carbocycles. The maximum absolute atomic E-state index is 11.8. The number of rotatable bonds is 8. The standard InChI is InChI=1S/C18H19N3O4/c1-3-5-12-25-18(22)15-9-6-14(7-10-15)8-11-16-19-13-17(21(23)24)20(16)4-2/h4,6-11,13H,2-3,5,12H2,1H3/b11-8+. The van der Waals surface area contributed by atoms with Crippen LogP contribution < -0.4 is 0 Å². The summed E-state index contributed by atoms with van der Waals surface area (Å²) in [7, 11) is 0. The van der Waals surface area contributed by atoms with Gasteiger partial charge in [-0.25, -0.2) is 9.78 Å². The van der Waals surface area contributed by atoms with Gasteiger partial charge in [0.1, 0.15) is 6.20 Å². The van der Waals surface area contributed by atoms with Gasteiger partial charge in [-0.3, -0.25) is 0 Å². The third-order valence-corrected chi connectivity index (χ3v) is 3.48. The summed E-state index contributed by atoms with van der Waals surface area (Å²) in [5.41, 5.74) is 1.31. The fourth-order valence-corrected chi connectivity index (χ4v) is 2.10. The van der Waals surface area contributed by atoms with Crippen molar-refractivity contribution in [1.29, 1.82) is 0 Å². The number of imidazole rings is 1. The average Bonchev–Trinajstić information content (AvgIpc) is 3.03. The molecule has 130 valence electrons. The number of nitro groups is 1. The van der Waals surface area contributed by atoms with Crippen LogP contribution >= 0.6 is 0 Å². The van der Waals surface area contributed by atoms with Gasteiger partial charge in [0.25, 0.3) is 0 Å². The molecule has 0 aliphatic carbocycles. The molecule has 0 N–H and O–H groups in total. The van der Waals surface area contributed by atoms with E-state index in [1.165, 1.54) is 17.0 Å². The van der Waals surface area contributed by atoms with E-state index in [2.05, 4.69) is 11.6 Å². The Labute approximate surface area is 145 Å². The van der Waals surface area contributed by atoms with Crippen molar-refractivity contribution in [2.24, 2.45) is 0 Å². The molecule has 1 aromatic carbocycles. The summed E-state index contributed by atoms with van der Waals surface area (Å²) in [4.78, 5) is 26.2. The minimum atomic E-state index is -0.523. The second kappa shape index (κ2) is 8.58. The van der Waals surface area contributed by atoms with Crippen molar-refractivity contribution in [3.05, 3.63) is 64.1 Å². The molecule has 7 heteroatoms. The summed E-state index contributed by atoms with van der Waals surface area (Å²) >= 11 is 0. The number of ether oxygens (including phenoxy) is 1. The van der Waals surface area contributed by atoms with Crippen LogP contribution in [0, 0.1) is 10.1 Å². The first kappa shape index (κ1) is 18.1. The van der Waals surface area contributed by atoms with Crippen molar-refractivity contribution in [2.45, 2.75) is 19.8 Å². The van der Waals surface area contributed by atoms with E-state index in [1.807, 2.05) is 6.92 Å². The summed E-state index contributed by atoms with van der Waals surface area (Å²) in [6, 6.07) is 6.89. The number of benzene rings is 1. The summed E-state index contributed by atoms with van der Waals surface area (Å²) in [5, 5.41) is 10.9. The van der Waals surface area contributed by atoms with Gasteiger partial charge in [0.05, 0.1) is 18.4 Å². The van der Waals surface area contributed by atoms with Crippen LogP contribution in [0.25, 0.3) is 18.4 Å². The Bertz CT molecular complexity index is 791. The number of nitrogens with zero attached hydrogens (tertiary/aromatic N) is 3. The van der Waals surface area contributed by atoms with Crippen molar-refractivity contribution < 1.29 is 14.5 Å². The Balaban J connectivity index is 2.08. The second-order valence-electron chi connectivity index (χ2n) is 5.23. The SMILES string of the molecule is C=Cn1c([N+](=O)[O-])cnc1/C=C/c1ccc(C(=O)OCCCC)cc1. The lowest BCUT2D eigenvalue weighted by molar-refractivity contribution is -0.390. The van der Waals surface area contributed by atoms with Gasteiger partial charge in [0, 0.05) is 6.08 Å². The molecule has 1 heterocycles. The number of aromatic nitrogens is 2. The van der Waals surface area contributed by atoms with Crippen LogP contribution in [0.1, 0.15) is 41.5 Å². The monoisotopic (exact) mass is 341 g/mol. The summed E-state index contributed by atoms with van der Waals surface area (Å²) in [6.45, 7) is 6.00. The highest BCUT2D eigenvalue weighted by atomic mass is 16.6. The van der Waals surface area contributed by atoms with E-state index in [9.17, 15) is 14.9 Å². The number of hydrogen-bond donors (Lipinski definition) is 0. The summed E-state index contributed by atoms with van der Waals surface area (Å²) < 4.78 is 6.44. The summed E-state index contributed by atoms with van der Waals surface area (Å²) in [6.07, 6.45) is 7.71. The Morgan fingerprint density at radius 2 is 2.08 bits per heavy atom. The molecule has 2 aromatic rings. The van der Waals surface area contributed by atoms with Gasteiger partial charge in [-0.2, -0.15) is 4.57 Å². The highest BCUT2D eigenvalue weighted by Crippen LogP contribution is 2.17. The van der Waals surface area contributed by atoms with Gasteiger partial charge in [-0.1, -0.05) is 32.1 Å². The molecule has 0 fully saturated rings. The second-order valence-corrected chi connectivity index (χ2v) is 5.23. The van der Waals surface area contributed by atoms with Gasteiger partial charge in [0.15, 0.2) is 0 Å². The molecule has 0 radical (unpaired) electrons. The van der Waals surface area contributed by atoms with E-state index >= 15 is 0 Å². The molecule has 0 aliphatic rings. The maximum atomic E-state index is 11.8. The quantitative estimate of drug-likeness (QED) is 0.313. The zero-order valence-corrected chi connectivity index (χ0v) is 13.9. The first-order chi connectivity index (χ1) is 12.1. The Morgan fingerprint density at radius 1 is 1.36 bits per heavy atom. The number of esters is 1. The van der Waals surface area contributed by atoms with Crippen LogP contribution in [0.3, 0.4) is 0 Å². The molecule has 0 atom stereocenters. The lowest BCUT2D eigenvalue weighted by atomic mass is 10.1. The van der Waals surface area contributed by atoms with E-state index in [1.54, 1.807) is 36.4 Å². The molecule has 0 spiro atoms. The molecule has 0 bridgehead atoms. The molecule has 25 heavy (non-hydrogen) atoms. The van der Waals surface area contributed by atoms with E-state index in [4.69, 9.17) is 4.74 Å². The fourth-order valence-electron chi connectivity index (χ4n) is 2.10. The largest absolute Gasteiger partial charge is 0.462 e. The minimum Gasteiger partial charge on any atom is -0.462 e. The molecule has 7 nitrogen and oxygen atoms in total. The number of carbonyl (C=O) groups excluding carboxylic acids is 1. The molecule has 0 amide bonds. The first-order valence-electron chi connectivity index (χ1n) is 7.86. The van der Waals surface area contributed by atoms with Gasteiger partial charge in [0.2, 0.25) is 5.82 Å². The van der Waals surface area contributed by atoms with Crippen molar-refractivity contribution in [3.8, 4) is 0 Å². The van der Waals surface area contributed by atoms with E-state index in [0.717, 1.165) is 18.4 Å². The van der Waals surface area contributed by atoms with E-state index in [-0.39, 0.29) is 11.8 Å². The number of unbranched alkanes of at least 4 members (excludes halogenated alkanes) is 1. The Hall–Kier alpha value is -3.22. The topological polar surface area (TPSA) is 87.3 Å².